The van der Waals surface area contributed by atoms with Crippen LogP contribution in [-0.2, 0) is 15.1 Å². The lowest BCUT2D eigenvalue weighted by molar-refractivity contribution is -0.143. The van der Waals surface area contributed by atoms with Gasteiger partial charge >= 0.3 is 0 Å². The number of nitrogens with two attached hydrogens (primary N) is 1. The molecule has 0 saturated carbocycles. The number of nitrogen functional groups attached to an aromatic ring is 1. The Labute approximate surface area is 187 Å². The van der Waals surface area contributed by atoms with Gasteiger partial charge in [0.1, 0.15) is 0 Å². The van der Waals surface area contributed by atoms with Gasteiger partial charge in [-0.1, -0.05) is 6.92 Å². The number of carbonyl (C=O) groups excluding carboxylic acids is 2. The van der Waals surface area contributed by atoms with Crippen molar-refractivity contribution in [2.75, 3.05) is 23.0 Å². The molecule has 32 heavy (non-hydrogen) atoms. The molecular formula is C23H28FN3O4Si. The number of rotatable bonds is 5. The van der Waals surface area contributed by atoms with Crippen LogP contribution in [0, 0.1) is 5.92 Å². The lowest BCUT2D eigenvalue weighted by atomic mass is 9.82. The summed E-state index contributed by atoms with van der Waals surface area (Å²) in [5, 5.41) is 15.2. The summed E-state index contributed by atoms with van der Waals surface area (Å²) in [6, 6.07) is 11.7. The number of aliphatic hydroxyl groups is 1. The summed E-state index contributed by atoms with van der Waals surface area (Å²) in [6.45, 7) is 4.90. The van der Waals surface area contributed by atoms with Crippen molar-refractivity contribution < 1.29 is 23.5 Å². The minimum atomic E-state index is -3.22. The third-order valence-electron chi connectivity index (χ3n) is 6.56. The standard InChI is InChI=1S/C23H28FN3O4Si/c1-13-20(32(2,3)24)19(10-11-28)31-23(13)17-12-16(8-9-18(17)27-22(23)30)26-21(29)14-4-6-15(25)7-5-14/h4-9,12-13,19-20,28H,10-11,25H2,1-3H3,(H,26,29)(H,27,30)/t13-,19+,20-,23+/m1/s1. The monoisotopic (exact) mass is 457 g/mol. The second kappa shape index (κ2) is 7.98. The highest BCUT2D eigenvalue weighted by atomic mass is 28.4. The topological polar surface area (TPSA) is 114 Å². The van der Waals surface area contributed by atoms with Gasteiger partial charge < -0.3 is 30.3 Å². The van der Waals surface area contributed by atoms with Crippen molar-refractivity contribution in [3.63, 3.8) is 0 Å². The molecule has 9 heteroatoms. The van der Waals surface area contributed by atoms with Crippen molar-refractivity contribution >= 4 is 37.3 Å². The van der Waals surface area contributed by atoms with Crippen LogP contribution in [0.5, 0.6) is 0 Å². The first-order chi connectivity index (χ1) is 15.1. The maximum Gasteiger partial charge on any atom is 0.261 e. The van der Waals surface area contributed by atoms with Crippen LogP contribution < -0.4 is 16.4 Å². The third kappa shape index (κ3) is 3.60. The number of halogens is 1. The minimum absolute atomic E-state index is 0.152. The smallest absolute Gasteiger partial charge is 0.261 e. The molecule has 0 aromatic heterocycles. The average molecular weight is 458 g/mol. The van der Waals surface area contributed by atoms with Crippen molar-refractivity contribution in [1.29, 1.82) is 0 Å². The average Bonchev–Trinajstić information content (AvgIpc) is 3.17. The molecule has 2 amide bonds. The van der Waals surface area contributed by atoms with Gasteiger partial charge in [0.2, 0.25) is 8.41 Å². The normalized spacial score (nSPS) is 26.8. The van der Waals surface area contributed by atoms with E-state index in [1.807, 2.05) is 6.92 Å². The van der Waals surface area contributed by atoms with Gasteiger partial charge in [0.25, 0.3) is 11.8 Å². The zero-order valence-electron chi connectivity index (χ0n) is 18.3. The molecule has 2 aliphatic heterocycles. The molecule has 2 aliphatic rings. The number of hydrogen-bond acceptors (Lipinski definition) is 5. The summed E-state index contributed by atoms with van der Waals surface area (Å²) in [6.07, 6.45) is -0.306. The summed E-state index contributed by atoms with van der Waals surface area (Å²) in [4.78, 5) is 25.8. The number of amides is 2. The van der Waals surface area contributed by atoms with E-state index in [0.29, 0.717) is 28.2 Å². The number of hydrogen-bond donors (Lipinski definition) is 4. The second-order valence-corrected chi connectivity index (χ2v) is 12.9. The van der Waals surface area contributed by atoms with E-state index in [1.165, 1.54) is 0 Å². The van der Waals surface area contributed by atoms with Crippen LogP contribution in [0.25, 0.3) is 0 Å². The van der Waals surface area contributed by atoms with Crippen molar-refractivity contribution in [2.24, 2.45) is 5.92 Å². The molecule has 0 aliphatic carbocycles. The van der Waals surface area contributed by atoms with Crippen LogP contribution in [0.1, 0.15) is 29.3 Å². The summed E-state index contributed by atoms with van der Waals surface area (Å²) in [5.41, 5.74) is 6.52. The molecule has 5 N–H and O–H groups in total. The SMILES string of the molecule is C[C@@H]1[C@@H]([Si](C)(C)F)[C@H](CCO)O[C@@]12C(=O)Nc1ccc(NC(=O)c3ccc(N)cc3)cc12. The first kappa shape index (κ1) is 22.4. The largest absolute Gasteiger partial charge is 0.399 e. The summed E-state index contributed by atoms with van der Waals surface area (Å²) in [5.74, 6) is -1.09. The Morgan fingerprint density at radius 2 is 1.97 bits per heavy atom. The Hall–Kier alpha value is -2.75. The summed E-state index contributed by atoms with van der Waals surface area (Å²) in [7, 11) is -3.22. The number of anilines is 3. The Morgan fingerprint density at radius 1 is 1.28 bits per heavy atom. The van der Waals surface area contributed by atoms with Crippen LogP contribution in [0.4, 0.5) is 21.2 Å². The van der Waals surface area contributed by atoms with Crippen LogP contribution in [-0.4, -0.2) is 38.0 Å². The van der Waals surface area contributed by atoms with E-state index in [4.69, 9.17) is 10.5 Å². The molecule has 2 heterocycles. The molecule has 2 aromatic carbocycles. The van der Waals surface area contributed by atoms with E-state index in [9.17, 15) is 14.7 Å². The van der Waals surface area contributed by atoms with E-state index in [0.717, 1.165) is 0 Å². The highest BCUT2D eigenvalue weighted by Crippen LogP contribution is 2.59. The summed E-state index contributed by atoms with van der Waals surface area (Å²) >= 11 is 0. The van der Waals surface area contributed by atoms with Gasteiger partial charge in [0, 0.05) is 46.3 Å². The molecule has 1 spiro atoms. The van der Waals surface area contributed by atoms with E-state index in [1.54, 1.807) is 55.6 Å². The van der Waals surface area contributed by atoms with Crippen molar-refractivity contribution in [2.45, 2.75) is 43.7 Å². The van der Waals surface area contributed by atoms with Gasteiger partial charge in [0.15, 0.2) is 5.60 Å². The maximum atomic E-state index is 15.3. The molecule has 4 atom stereocenters. The van der Waals surface area contributed by atoms with Crippen LogP contribution in [0.3, 0.4) is 0 Å². The Bertz CT molecular complexity index is 1060. The fourth-order valence-corrected chi connectivity index (χ4v) is 7.72. The summed E-state index contributed by atoms with van der Waals surface area (Å²) < 4.78 is 21.6. The Morgan fingerprint density at radius 3 is 2.59 bits per heavy atom. The van der Waals surface area contributed by atoms with Crippen LogP contribution in [0.15, 0.2) is 42.5 Å². The fraction of sp³-hybridized carbons (Fsp3) is 0.391. The lowest BCUT2D eigenvalue weighted by Crippen LogP contribution is -2.42. The van der Waals surface area contributed by atoms with Crippen LogP contribution >= 0.6 is 0 Å². The lowest BCUT2D eigenvalue weighted by Gasteiger charge is -2.30. The number of carbonyl (C=O) groups is 2. The highest BCUT2D eigenvalue weighted by molar-refractivity contribution is 6.72. The van der Waals surface area contributed by atoms with Crippen LogP contribution in [0.2, 0.25) is 18.6 Å². The predicted molar refractivity (Wildman–Crippen MR) is 124 cm³/mol. The highest BCUT2D eigenvalue weighted by Gasteiger charge is 2.65. The zero-order chi connectivity index (χ0) is 23.3. The molecule has 170 valence electrons. The number of ether oxygens (including phenoxy) is 1. The number of fused-ring (bicyclic) bond motifs is 2. The number of nitrogens with one attached hydrogen (secondary N) is 2. The number of benzene rings is 2. The van der Waals surface area contributed by atoms with Gasteiger partial charge in [-0.05, 0) is 62.0 Å². The molecule has 0 radical (unpaired) electrons. The molecular weight excluding hydrogens is 429 g/mol. The van der Waals surface area contributed by atoms with Crippen molar-refractivity contribution in [1.82, 2.24) is 0 Å². The quantitative estimate of drug-likeness (QED) is 0.311. The van der Waals surface area contributed by atoms with Gasteiger partial charge in [0.05, 0.1) is 6.10 Å². The third-order valence-corrected chi connectivity index (χ3v) is 9.02. The minimum Gasteiger partial charge on any atom is -0.399 e. The molecule has 1 fully saturated rings. The zero-order valence-corrected chi connectivity index (χ0v) is 19.3. The van der Waals surface area contributed by atoms with Crippen molar-refractivity contribution in [3.05, 3.63) is 53.6 Å². The van der Waals surface area contributed by atoms with E-state index < -0.39 is 31.6 Å². The Balaban J connectivity index is 1.70. The predicted octanol–water partition coefficient (Wildman–Crippen LogP) is 3.63. The first-order valence-electron chi connectivity index (χ1n) is 10.7. The van der Waals surface area contributed by atoms with Crippen molar-refractivity contribution in [3.8, 4) is 0 Å². The molecule has 2 aromatic rings. The second-order valence-electron chi connectivity index (χ2n) is 9.07. The van der Waals surface area contributed by atoms with E-state index >= 15 is 4.11 Å². The number of aliphatic hydroxyl groups excluding tert-OH is 1. The van der Waals surface area contributed by atoms with Gasteiger partial charge in [-0.15, -0.1) is 0 Å². The van der Waals surface area contributed by atoms with E-state index in [2.05, 4.69) is 10.6 Å². The molecule has 0 unspecified atom stereocenters. The van der Waals surface area contributed by atoms with Gasteiger partial charge in [-0.2, -0.15) is 0 Å². The first-order valence-corrected chi connectivity index (χ1v) is 13.6. The molecule has 0 bridgehead atoms. The van der Waals surface area contributed by atoms with Gasteiger partial charge in [-0.25, -0.2) is 0 Å². The molecule has 4 rings (SSSR count). The fourth-order valence-electron chi connectivity index (χ4n) is 5.18. The maximum absolute atomic E-state index is 15.3. The molecule has 7 nitrogen and oxygen atoms in total. The van der Waals surface area contributed by atoms with E-state index in [-0.39, 0.29) is 24.8 Å². The Kier molecular flexibility index (Phi) is 5.60. The van der Waals surface area contributed by atoms with Gasteiger partial charge in [-0.3, -0.25) is 9.59 Å². The molecule has 1 saturated heterocycles.